The lowest BCUT2D eigenvalue weighted by molar-refractivity contribution is 0.189. The van der Waals surface area contributed by atoms with Crippen LogP contribution in [-0.4, -0.2) is 25.8 Å². The standard InChI is InChI=1S/C11H20N2O/c1-10(2)4-5-11(8-10,9-12)13-6-7-14-3/h13H,4-8H2,1-3H3. The second kappa shape index (κ2) is 4.29. The van der Waals surface area contributed by atoms with Crippen molar-refractivity contribution in [2.24, 2.45) is 5.41 Å². The van der Waals surface area contributed by atoms with E-state index in [0.29, 0.717) is 12.0 Å². The largest absolute Gasteiger partial charge is 0.383 e. The zero-order chi connectivity index (χ0) is 10.7. The van der Waals surface area contributed by atoms with Crippen LogP contribution in [-0.2, 0) is 4.74 Å². The molecule has 1 aliphatic rings. The van der Waals surface area contributed by atoms with Gasteiger partial charge in [0.1, 0.15) is 5.54 Å². The lowest BCUT2D eigenvalue weighted by Crippen LogP contribution is -2.43. The molecule has 80 valence electrons. The summed E-state index contributed by atoms with van der Waals surface area (Å²) in [6.07, 6.45) is 3.03. The average Bonchev–Trinajstić information content (AvgIpc) is 2.44. The molecule has 0 bridgehead atoms. The Morgan fingerprint density at radius 1 is 1.43 bits per heavy atom. The van der Waals surface area contributed by atoms with Crippen LogP contribution in [0.4, 0.5) is 0 Å². The zero-order valence-electron chi connectivity index (χ0n) is 9.39. The number of ether oxygens (including phenoxy) is 1. The van der Waals surface area contributed by atoms with E-state index in [0.717, 1.165) is 25.8 Å². The number of hydrogen-bond donors (Lipinski definition) is 1. The van der Waals surface area contributed by atoms with E-state index in [1.165, 1.54) is 0 Å². The molecule has 0 aromatic carbocycles. The highest BCUT2D eigenvalue weighted by Crippen LogP contribution is 2.43. The molecular formula is C11H20N2O. The topological polar surface area (TPSA) is 45.0 Å². The van der Waals surface area contributed by atoms with Crippen LogP contribution in [0.3, 0.4) is 0 Å². The molecule has 0 saturated heterocycles. The molecule has 1 fully saturated rings. The molecule has 3 heteroatoms. The van der Waals surface area contributed by atoms with Gasteiger partial charge in [-0.25, -0.2) is 0 Å². The molecule has 3 nitrogen and oxygen atoms in total. The highest BCUT2D eigenvalue weighted by Gasteiger charge is 2.42. The number of hydrogen-bond acceptors (Lipinski definition) is 3. The Balaban J connectivity index is 2.49. The summed E-state index contributed by atoms with van der Waals surface area (Å²) in [5.74, 6) is 0. The highest BCUT2D eigenvalue weighted by atomic mass is 16.5. The predicted octanol–water partition coefficient (Wildman–Crippen LogP) is 1.69. The van der Waals surface area contributed by atoms with E-state index >= 15 is 0 Å². The first-order chi connectivity index (χ1) is 6.54. The molecule has 1 N–H and O–H groups in total. The number of nitriles is 1. The molecule has 0 aromatic rings. The number of nitrogens with one attached hydrogen (secondary N) is 1. The Labute approximate surface area is 86.4 Å². The van der Waals surface area contributed by atoms with Crippen molar-refractivity contribution in [2.75, 3.05) is 20.3 Å². The van der Waals surface area contributed by atoms with E-state index in [2.05, 4.69) is 25.2 Å². The highest BCUT2D eigenvalue weighted by molar-refractivity contribution is 5.13. The van der Waals surface area contributed by atoms with Crippen molar-refractivity contribution in [3.8, 4) is 6.07 Å². The maximum Gasteiger partial charge on any atom is 0.107 e. The van der Waals surface area contributed by atoms with Crippen LogP contribution >= 0.6 is 0 Å². The van der Waals surface area contributed by atoms with Crippen molar-refractivity contribution < 1.29 is 4.74 Å². The third-order valence-electron chi connectivity index (χ3n) is 2.99. The van der Waals surface area contributed by atoms with Gasteiger partial charge in [0.05, 0.1) is 12.7 Å². The van der Waals surface area contributed by atoms with E-state index in [1.807, 2.05) is 0 Å². The maximum atomic E-state index is 9.19. The summed E-state index contributed by atoms with van der Waals surface area (Å²) in [5.41, 5.74) is -0.00215. The van der Waals surface area contributed by atoms with Crippen LogP contribution in [0, 0.1) is 16.7 Å². The van der Waals surface area contributed by atoms with Gasteiger partial charge in [0.25, 0.3) is 0 Å². The lowest BCUT2D eigenvalue weighted by atomic mass is 9.88. The molecule has 0 aliphatic heterocycles. The monoisotopic (exact) mass is 196 g/mol. The number of rotatable bonds is 4. The van der Waals surface area contributed by atoms with Gasteiger partial charge in [-0.15, -0.1) is 0 Å². The van der Waals surface area contributed by atoms with Crippen LogP contribution in [0.25, 0.3) is 0 Å². The van der Waals surface area contributed by atoms with Crippen molar-refractivity contribution in [3.05, 3.63) is 0 Å². The normalized spacial score (nSPS) is 30.1. The van der Waals surface area contributed by atoms with Crippen molar-refractivity contribution in [2.45, 2.75) is 38.6 Å². The Hall–Kier alpha value is -0.590. The fraction of sp³-hybridized carbons (Fsp3) is 0.909. The Kier molecular flexibility index (Phi) is 3.52. The van der Waals surface area contributed by atoms with Gasteiger partial charge in [-0.05, 0) is 24.7 Å². The predicted molar refractivity (Wildman–Crippen MR) is 55.9 cm³/mol. The molecule has 1 atom stereocenters. The fourth-order valence-electron chi connectivity index (χ4n) is 2.22. The second-order valence-corrected chi connectivity index (χ2v) is 4.95. The zero-order valence-corrected chi connectivity index (χ0v) is 9.39. The fourth-order valence-corrected chi connectivity index (χ4v) is 2.22. The minimum atomic E-state index is -0.304. The van der Waals surface area contributed by atoms with E-state index in [-0.39, 0.29) is 5.54 Å². The van der Waals surface area contributed by atoms with Crippen LogP contribution in [0.1, 0.15) is 33.1 Å². The first-order valence-electron chi connectivity index (χ1n) is 5.19. The first-order valence-corrected chi connectivity index (χ1v) is 5.19. The molecule has 1 rings (SSSR count). The van der Waals surface area contributed by atoms with Gasteiger partial charge in [0.2, 0.25) is 0 Å². The summed E-state index contributed by atoms with van der Waals surface area (Å²) >= 11 is 0. The van der Waals surface area contributed by atoms with Crippen molar-refractivity contribution >= 4 is 0 Å². The minimum Gasteiger partial charge on any atom is -0.383 e. The summed E-state index contributed by atoms with van der Waals surface area (Å²) < 4.78 is 4.97. The third kappa shape index (κ3) is 2.70. The second-order valence-electron chi connectivity index (χ2n) is 4.95. The molecule has 0 spiro atoms. The average molecular weight is 196 g/mol. The summed E-state index contributed by atoms with van der Waals surface area (Å²) in [4.78, 5) is 0. The quantitative estimate of drug-likeness (QED) is 0.696. The summed E-state index contributed by atoms with van der Waals surface area (Å²) in [5, 5.41) is 12.5. The van der Waals surface area contributed by atoms with E-state index in [4.69, 9.17) is 4.74 Å². The number of methoxy groups -OCH3 is 1. The molecule has 14 heavy (non-hydrogen) atoms. The van der Waals surface area contributed by atoms with Crippen molar-refractivity contribution in [3.63, 3.8) is 0 Å². The van der Waals surface area contributed by atoms with Gasteiger partial charge in [-0.3, -0.25) is 5.32 Å². The molecule has 1 saturated carbocycles. The molecule has 0 aromatic heterocycles. The SMILES string of the molecule is COCCNC1(C#N)CCC(C)(C)C1. The summed E-state index contributed by atoms with van der Waals surface area (Å²) in [6.45, 7) is 5.89. The van der Waals surface area contributed by atoms with Crippen molar-refractivity contribution in [1.29, 1.82) is 5.26 Å². The van der Waals surface area contributed by atoms with Crippen LogP contribution < -0.4 is 5.32 Å². The van der Waals surface area contributed by atoms with Gasteiger partial charge >= 0.3 is 0 Å². The Morgan fingerprint density at radius 2 is 2.14 bits per heavy atom. The summed E-state index contributed by atoms with van der Waals surface area (Å²) in [7, 11) is 1.68. The van der Waals surface area contributed by atoms with Gasteiger partial charge in [-0.2, -0.15) is 5.26 Å². The molecule has 0 amide bonds. The Morgan fingerprint density at radius 3 is 2.57 bits per heavy atom. The van der Waals surface area contributed by atoms with Crippen LogP contribution in [0.2, 0.25) is 0 Å². The van der Waals surface area contributed by atoms with Crippen LogP contribution in [0.5, 0.6) is 0 Å². The van der Waals surface area contributed by atoms with Gasteiger partial charge < -0.3 is 4.74 Å². The molecule has 1 unspecified atom stereocenters. The van der Waals surface area contributed by atoms with E-state index in [1.54, 1.807) is 7.11 Å². The van der Waals surface area contributed by atoms with Crippen molar-refractivity contribution in [1.82, 2.24) is 5.32 Å². The molecule has 1 aliphatic carbocycles. The molecular weight excluding hydrogens is 176 g/mol. The van der Waals surface area contributed by atoms with Gasteiger partial charge in [0, 0.05) is 13.7 Å². The van der Waals surface area contributed by atoms with Crippen LogP contribution in [0.15, 0.2) is 0 Å². The third-order valence-corrected chi connectivity index (χ3v) is 2.99. The van der Waals surface area contributed by atoms with Gasteiger partial charge in [-0.1, -0.05) is 13.8 Å². The van der Waals surface area contributed by atoms with E-state index in [9.17, 15) is 5.26 Å². The lowest BCUT2D eigenvalue weighted by Gasteiger charge is -2.24. The maximum absolute atomic E-state index is 9.19. The minimum absolute atomic E-state index is 0.301. The number of nitrogens with zero attached hydrogens (tertiary/aromatic N) is 1. The Bertz CT molecular complexity index is 232. The van der Waals surface area contributed by atoms with Gasteiger partial charge in [0.15, 0.2) is 0 Å². The molecule has 0 heterocycles. The molecule has 0 radical (unpaired) electrons. The smallest absolute Gasteiger partial charge is 0.107 e. The summed E-state index contributed by atoms with van der Waals surface area (Å²) in [6, 6.07) is 2.43. The van der Waals surface area contributed by atoms with E-state index < -0.39 is 0 Å². The first kappa shape index (κ1) is 11.5.